The van der Waals surface area contributed by atoms with Crippen molar-refractivity contribution in [3.63, 3.8) is 0 Å². The number of hydrogen-bond acceptors (Lipinski definition) is 7. The Morgan fingerprint density at radius 1 is 1.25 bits per heavy atom. The molecule has 210 valence electrons. The van der Waals surface area contributed by atoms with E-state index in [4.69, 9.17) is 9.47 Å². The summed E-state index contributed by atoms with van der Waals surface area (Å²) < 4.78 is 12.3. The summed E-state index contributed by atoms with van der Waals surface area (Å²) in [5.41, 5.74) is 4.50. The second-order valence-electron chi connectivity index (χ2n) is 10.5. The van der Waals surface area contributed by atoms with Crippen LogP contribution in [0.1, 0.15) is 45.1 Å². The van der Waals surface area contributed by atoms with Gasteiger partial charge in [0.15, 0.2) is 11.5 Å². The Morgan fingerprint density at radius 2 is 2.02 bits per heavy atom. The first-order chi connectivity index (χ1) is 19.1. The van der Waals surface area contributed by atoms with Crippen molar-refractivity contribution in [2.45, 2.75) is 45.6 Å². The highest BCUT2D eigenvalue weighted by molar-refractivity contribution is 14.1. The number of methoxy groups -OCH3 is 1. The smallest absolute Gasteiger partial charge is 0.271 e. The predicted molar refractivity (Wildman–Crippen MR) is 158 cm³/mol. The lowest BCUT2D eigenvalue weighted by molar-refractivity contribution is -0.384. The third-order valence-corrected chi connectivity index (χ3v) is 9.04. The van der Waals surface area contributed by atoms with Crippen LogP contribution in [0, 0.1) is 31.4 Å². The number of imide groups is 1. The van der Waals surface area contributed by atoms with Gasteiger partial charge in [0.1, 0.15) is 0 Å². The first-order valence-corrected chi connectivity index (χ1v) is 14.4. The molecule has 0 bridgehead atoms. The van der Waals surface area contributed by atoms with Gasteiger partial charge in [0.25, 0.3) is 5.69 Å². The Kier molecular flexibility index (Phi) is 8.01. The summed E-state index contributed by atoms with van der Waals surface area (Å²) in [5.74, 6) is -1.21. The molecule has 2 aromatic rings. The van der Waals surface area contributed by atoms with Gasteiger partial charge in [0.05, 0.1) is 45.8 Å². The summed E-state index contributed by atoms with van der Waals surface area (Å²) in [6.45, 7) is 4.50. The largest absolute Gasteiger partial charge is 0.504 e. The number of non-ortho nitro benzene ring substituents is 1. The molecule has 0 spiro atoms. The fourth-order valence-corrected chi connectivity index (χ4v) is 6.99. The Balaban J connectivity index is 1.35. The number of nitro benzene ring substituents is 1. The number of ether oxygens (including phenoxy) is 2. The number of nitro groups is 1. The normalized spacial score (nSPS) is 24.4. The molecule has 0 aromatic heterocycles. The fourth-order valence-electron chi connectivity index (χ4n) is 6.36. The van der Waals surface area contributed by atoms with Crippen LogP contribution in [0.15, 0.2) is 53.1 Å². The highest BCUT2D eigenvalue weighted by Gasteiger charge is 2.57. The van der Waals surface area contributed by atoms with Crippen LogP contribution < -0.4 is 9.64 Å². The highest BCUT2D eigenvalue weighted by Crippen LogP contribution is 2.51. The minimum atomic E-state index is -0.527. The number of halogens is 1. The molecule has 2 amide bonds. The van der Waals surface area contributed by atoms with E-state index in [0.717, 1.165) is 40.9 Å². The van der Waals surface area contributed by atoms with Gasteiger partial charge in [-0.2, -0.15) is 0 Å². The number of hydrogen-bond donors (Lipinski definition) is 1. The lowest BCUT2D eigenvalue weighted by Crippen LogP contribution is -2.34. The minimum Gasteiger partial charge on any atom is -0.504 e. The summed E-state index contributed by atoms with van der Waals surface area (Å²) in [6, 6.07) is 9.41. The Labute approximate surface area is 246 Å². The third kappa shape index (κ3) is 5.03. The molecule has 1 N–H and O–H groups in total. The van der Waals surface area contributed by atoms with E-state index < -0.39 is 16.8 Å². The molecule has 1 aliphatic carbocycles. The van der Waals surface area contributed by atoms with Gasteiger partial charge < -0.3 is 14.6 Å². The number of aromatic hydroxyl groups is 1. The molecule has 5 rings (SSSR count). The summed E-state index contributed by atoms with van der Waals surface area (Å²) >= 11 is 2.08. The molecule has 4 atom stereocenters. The van der Waals surface area contributed by atoms with Crippen molar-refractivity contribution in [2.75, 3.05) is 18.6 Å². The molecule has 0 radical (unpaired) electrons. The first-order valence-electron chi connectivity index (χ1n) is 13.3. The van der Waals surface area contributed by atoms with E-state index in [1.807, 2.05) is 6.07 Å². The number of phenolic OH excluding ortho intramolecular Hbond substituents is 1. The Morgan fingerprint density at radius 3 is 2.73 bits per heavy atom. The summed E-state index contributed by atoms with van der Waals surface area (Å²) in [7, 11) is 1.53. The summed E-state index contributed by atoms with van der Waals surface area (Å²) in [6.07, 6.45) is 4.74. The van der Waals surface area contributed by atoms with Gasteiger partial charge in [-0.1, -0.05) is 30.2 Å². The number of nitrogens with zero attached hydrogens (tertiary/aromatic N) is 2. The zero-order valence-electron chi connectivity index (χ0n) is 22.6. The van der Waals surface area contributed by atoms with E-state index in [-0.39, 0.29) is 41.0 Å². The van der Waals surface area contributed by atoms with E-state index in [2.05, 4.69) is 42.5 Å². The number of anilines is 1. The molecule has 2 fully saturated rings. The second-order valence-corrected chi connectivity index (χ2v) is 11.7. The maximum absolute atomic E-state index is 13.7. The Hall–Kier alpha value is -3.25. The van der Waals surface area contributed by atoms with E-state index in [9.17, 15) is 24.8 Å². The maximum atomic E-state index is 13.7. The van der Waals surface area contributed by atoms with E-state index >= 15 is 0 Å². The average molecular weight is 658 g/mol. The molecule has 0 saturated carbocycles. The highest BCUT2D eigenvalue weighted by atomic mass is 127. The second kappa shape index (κ2) is 11.3. The topological polar surface area (TPSA) is 119 Å². The fraction of sp³-hybridized carbons (Fsp3) is 0.400. The SMILES string of the molecule is CCC1=C2[C@@H](CC/C(C)=C/c3cc(I)c(O)c(OC)c3)OC[C@@H]2[C@@H]2C(=O)N(c3cccc([N+](=O)[O-])c3)C(=O)[C@@H]2C1. The molecule has 2 aliphatic heterocycles. The molecule has 10 heteroatoms. The van der Waals surface area contributed by atoms with Gasteiger partial charge in [-0.05, 0) is 84.5 Å². The van der Waals surface area contributed by atoms with Crippen LogP contribution in [-0.2, 0) is 14.3 Å². The van der Waals surface area contributed by atoms with Crippen molar-refractivity contribution in [1.29, 1.82) is 0 Å². The monoisotopic (exact) mass is 658 g/mol. The van der Waals surface area contributed by atoms with Gasteiger partial charge >= 0.3 is 0 Å². The molecule has 0 unspecified atom stereocenters. The van der Waals surface area contributed by atoms with Crippen LogP contribution in [0.4, 0.5) is 11.4 Å². The molecule has 3 aliphatic rings. The molecule has 2 aromatic carbocycles. The van der Waals surface area contributed by atoms with Crippen LogP contribution in [0.5, 0.6) is 11.5 Å². The number of carbonyl (C=O) groups excluding carboxylic acids is 2. The van der Waals surface area contributed by atoms with Gasteiger partial charge in [-0.25, -0.2) is 4.90 Å². The van der Waals surface area contributed by atoms with Crippen LogP contribution in [0.25, 0.3) is 6.08 Å². The standard InChI is InChI=1S/C30H31IN2O7/c1-4-18-13-21-27(30(36)32(29(21)35)19-6-5-7-20(14-19)33(37)38)22-15-40-24(26(18)22)9-8-16(2)10-17-11-23(31)28(34)25(12-17)39-3/h5-7,10-12,14,21-22,24,27,34H,4,8-9,13,15H2,1-3H3/b16-10+/t21-,22+,24-,27-/m1/s1. The van der Waals surface area contributed by atoms with Crippen molar-refractivity contribution in [3.8, 4) is 11.5 Å². The van der Waals surface area contributed by atoms with Crippen LogP contribution in [0.2, 0.25) is 0 Å². The predicted octanol–water partition coefficient (Wildman–Crippen LogP) is 6.03. The Bertz CT molecular complexity index is 1450. The third-order valence-electron chi connectivity index (χ3n) is 8.22. The van der Waals surface area contributed by atoms with Crippen LogP contribution in [0.3, 0.4) is 0 Å². The van der Waals surface area contributed by atoms with E-state index in [1.54, 1.807) is 12.1 Å². The van der Waals surface area contributed by atoms with Crippen molar-refractivity contribution >= 4 is 51.9 Å². The number of phenols is 1. The zero-order valence-corrected chi connectivity index (χ0v) is 24.7. The minimum absolute atomic E-state index is 0.127. The maximum Gasteiger partial charge on any atom is 0.271 e. The molecule has 40 heavy (non-hydrogen) atoms. The number of benzene rings is 2. The van der Waals surface area contributed by atoms with Gasteiger partial charge in [-0.15, -0.1) is 0 Å². The van der Waals surface area contributed by atoms with Crippen molar-refractivity contribution in [1.82, 2.24) is 0 Å². The number of allylic oxidation sites excluding steroid dienone is 2. The lowest BCUT2D eigenvalue weighted by atomic mass is 9.69. The number of rotatable bonds is 8. The molecule has 2 saturated heterocycles. The molecular weight excluding hydrogens is 627 g/mol. The van der Waals surface area contributed by atoms with Gasteiger partial charge in [0, 0.05) is 18.1 Å². The number of fused-ring (bicyclic) bond motifs is 3. The van der Waals surface area contributed by atoms with Crippen molar-refractivity contribution < 1.29 is 29.1 Å². The molecule has 2 heterocycles. The number of carbonyl (C=O) groups is 2. The van der Waals surface area contributed by atoms with Crippen molar-refractivity contribution in [3.05, 3.63) is 72.4 Å². The summed E-state index contributed by atoms with van der Waals surface area (Å²) in [4.78, 5) is 39.1. The summed E-state index contributed by atoms with van der Waals surface area (Å²) in [5, 5.41) is 21.4. The molecular formula is C30H31IN2O7. The van der Waals surface area contributed by atoms with Gasteiger partial charge in [0.2, 0.25) is 11.8 Å². The molecule has 9 nitrogen and oxygen atoms in total. The van der Waals surface area contributed by atoms with E-state index in [0.29, 0.717) is 22.3 Å². The van der Waals surface area contributed by atoms with Crippen molar-refractivity contribution in [2.24, 2.45) is 17.8 Å². The van der Waals surface area contributed by atoms with Crippen LogP contribution in [-0.4, -0.2) is 41.7 Å². The zero-order chi connectivity index (χ0) is 28.7. The number of amides is 2. The first kappa shape index (κ1) is 28.3. The average Bonchev–Trinajstić information content (AvgIpc) is 3.47. The van der Waals surface area contributed by atoms with E-state index in [1.165, 1.54) is 30.9 Å². The van der Waals surface area contributed by atoms with Gasteiger partial charge in [-0.3, -0.25) is 19.7 Å². The lowest BCUT2D eigenvalue weighted by Gasteiger charge is -2.31. The van der Waals surface area contributed by atoms with Crippen LogP contribution >= 0.6 is 22.6 Å². The quantitative estimate of drug-likeness (QED) is 0.121.